The highest BCUT2D eigenvalue weighted by molar-refractivity contribution is 6.39. The Morgan fingerprint density at radius 3 is 2.57 bits per heavy atom. The Morgan fingerprint density at radius 2 is 1.84 bits per heavy atom. The van der Waals surface area contributed by atoms with Crippen LogP contribution in [0.3, 0.4) is 0 Å². The molecule has 12 heteroatoms. The summed E-state index contributed by atoms with van der Waals surface area (Å²) < 4.78 is 26.0. The Bertz CT molecular complexity index is 1690. The number of hydrogen-bond acceptors (Lipinski definition) is 7. The number of rotatable bonds is 8. The van der Waals surface area contributed by atoms with Gasteiger partial charge < -0.3 is 20.1 Å². The molecular weight excluding hydrogens is 608 g/mol. The van der Waals surface area contributed by atoms with E-state index in [1.165, 1.54) is 6.07 Å². The fourth-order valence-electron chi connectivity index (χ4n) is 4.33. The van der Waals surface area contributed by atoms with Crippen molar-refractivity contribution in [3.63, 3.8) is 0 Å². The summed E-state index contributed by atoms with van der Waals surface area (Å²) in [4.78, 5) is 39.7. The van der Waals surface area contributed by atoms with E-state index in [0.717, 1.165) is 12.3 Å². The van der Waals surface area contributed by atoms with Crippen LogP contribution in [0.5, 0.6) is 11.6 Å². The second kappa shape index (κ2) is 14.8. The Balaban J connectivity index is 0.00000216. The van der Waals surface area contributed by atoms with E-state index >= 15 is 0 Å². The fourth-order valence-corrected chi connectivity index (χ4v) is 4.90. The molecule has 9 nitrogen and oxygen atoms in total. The standard InChI is InChI=1S/C30H24Cl2FN5O4.C2H6/c1-3-41-24-13-17(31)12-21(32)25(24)26-19-8-4-5-10-23(19)36-29(40)27(37-26)38-28(39)20-14-18(33)15-35-30(20)42-16(2)22-9-6-7-11-34-22;1-2/h4-16,27H,3H2,1-2H3,(H,36,40)(H,38,39);1-2H3. The molecule has 1 aliphatic heterocycles. The molecule has 0 saturated heterocycles. The van der Waals surface area contributed by atoms with E-state index in [0.29, 0.717) is 39.9 Å². The minimum absolute atomic E-state index is 0.145. The summed E-state index contributed by atoms with van der Waals surface area (Å²) in [6.07, 6.45) is 0.467. The largest absolute Gasteiger partial charge is 0.493 e. The molecule has 2 atom stereocenters. The molecule has 4 aromatic rings. The van der Waals surface area contributed by atoms with Gasteiger partial charge in [0.05, 0.1) is 40.5 Å². The van der Waals surface area contributed by atoms with Gasteiger partial charge in [0, 0.05) is 16.8 Å². The van der Waals surface area contributed by atoms with Crippen molar-refractivity contribution in [2.75, 3.05) is 11.9 Å². The van der Waals surface area contributed by atoms with E-state index in [4.69, 9.17) is 32.7 Å². The number of fused-ring (bicyclic) bond motifs is 1. The van der Waals surface area contributed by atoms with Gasteiger partial charge in [0.15, 0.2) is 0 Å². The van der Waals surface area contributed by atoms with Gasteiger partial charge in [-0.15, -0.1) is 0 Å². The number of benzodiazepines with no additional fused rings is 1. The van der Waals surface area contributed by atoms with E-state index in [-0.39, 0.29) is 22.2 Å². The van der Waals surface area contributed by atoms with Crippen LogP contribution in [0.1, 0.15) is 61.0 Å². The number of para-hydroxylation sites is 1. The number of aromatic nitrogens is 2. The maximum absolute atomic E-state index is 14.3. The molecule has 0 fully saturated rings. The molecule has 2 unspecified atom stereocenters. The molecule has 0 radical (unpaired) electrons. The minimum Gasteiger partial charge on any atom is -0.493 e. The molecule has 0 aliphatic carbocycles. The van der Waals surface area contributed by atoms with Crippen LogP contribution < -0.4 is 20.1 Å². The highest BCUT2D eigenvalue weighted by atomic mass is 35.5. The summed E-state index contributed by atoms with van der Waals surface area (Å²) in [7, 11) is 0. The van der Waals surface area contributed by atoms with Crippen molar-refractivity contribution in [2.45, 2.75) is 40.0 Å². The SMILES string of the molecule is CC.CCOc1cc(Cl)cc(Cl)c1C1=NC(NC(=O)c2cc(F)cnc2OC(C)c2ccccn2)C(=O)Nc2ccccc21. The van der Waals surface area contributed by atoms with Crippen molar-refractivity contribution < 1.29 is 23.5 Å². The number of carbonyl (C=O) groups is 2. The number of ether oxygens (including phenoxy) is 2. The van der Waals surface area contributed by atoms with Gasteiger partial charge in [-0.25, -0.2) is 14.4 Å². The molecular formula is C32H30Cl2FN5O4. The second-order valence-corrected chi connectivity index (χ2v) is 9.95. The molecule has 5 rings (SSSR count). The van der Waals surface area contributed by atoms with Crippen molar-refractivity contribution in [2.24, 2.45) is 4.99 Å². The van der Waals surface area contributed by atoms with Crippen molar-refractivity contribution in [3.05, 3.63) is 111 Å². The topological polar surface area (TPSA) is 115 Å². The van der Waals surface area contributed by atoms with Crippen LogP contribution in [0.2, 0.25) is 10.0 Å². The third-order valence-corrected chi connectivity index (χ3v) is 6.74. The number of nitrogens with one attached hydrogen (secondary N) is 2. The zero-order valence-corrected chi connectivity index (χ0v) is 25.9. The normalized spacial score (nSPS) is 14.5. The highest BCUT2D eigenvalue weighted by Gasteiger charge is 2.31. The summed E-state index contributed by atoms with van der Waals surface area (Å²) in [6, 6.07) is 16.3. The first-order valence-corrected chi connectivity index (χ1v) is 14.6. The van der Waals surface area contributed by atoms with Gasteiger partial charge in [0.25, 0.3) is 11.8 Å². The zero-order chi connectivity index (χ0) is 31.8. The monoisotopic (exact) mass is 637 g/mol. The number of anilines is 1. The van der Waals surface area contributed by atoms with E-state index in [2.05, 4.69) is 25.6 Å². The van der Waals surface area contributed by atoms with Gasteiger partial charge in [-0.3, -0.25) is 14.6 Å². The molecule has 1 aliphatic rings. The molecule has 3 heterocycles. The number of amides is 2. The first-order valence-electron chi connectivity index (χ1n) is 13.9. The first-order chi connectivity index (χ1) is 21.2. The number of aliphatic imine (C=N–C) groups is 1. The fraction of sp³-hybridized carbons (Fsp3) is 0.219. The average molecular weight is 639 g/mol. The molecule has 2 aromatic carbocycles. The lowest BCUT2D eigenvalue weighted by atomic mass is 9.99. The van der Waals surface area contributed by atoms with Crippen molar-refractivity contribution in [3.8, 4) is 11.6 Å². The Morgan fingerprint density at radius 1 is 1.09 bits per heavy atom. The van der Waals surface area contributed by atoms with Crippen molar-refractivity contribution in [1.29, 1.82) is 0 Å². The van der Waals surface area contributed by atoms with Crippen LogP contribution in [0.4, 0.5) is 10.1 Å². The number of halogens is 3. The predicted octanol–water partition coefficient (Wildman–Crippen LogP) is 7.03. The quantitative estimate of drug-likeness (QED) is 0.214. The zero-order valence-electron chi connectivity index (χ0n) is 24.4. The summed E-state index contributed by atoms with van der Waals surface area (Å²) >= 11 is 12.9. The van der Waals surface area contributed by atoms with Gasteiger partial charge >= 0.3 is 0 Å². The molecule has 2 aromatic heterocycles. The molecule has 0 bridgehead atoms. The number of hydrogen-bond donors (Lipinski definition) is 2. The third kappa shape index (κ3) is 7.32. The lowest BCUT2D eigenvalue weighted by Gasteiger charge is -2.18. The van der Waals surface area contributed by atoms with Crippen molar-refractivity contribution in [1.82, 2.24) is 15.3 Å². The van der Waals surface area contributed by atoms with Crippen LogP contribution in [-0.2, 0) is 4.79 Å². The van der Waals surface area contributed by atoms with Crippen LogP contribution in [0.15, 0.2) is 78.0 Å². The van der Waals surface area contributed by atoms with Crippen LogP contribution >= 0.6 is 23.2 Å². The summed E-state index contributed by atoms with van der Waals surface area (Å²) in [5, 5.41) is 5.93. The molecule has 44 heavy (non-hydrogen) atoms. The summed E-state index contributed by atoms with van der Waals surface area (Å²) in [5.41, 5.74) is 1.97. The lowest BCUT2D eigenvalue weighted by molar-refractivity contribution is -0.117. The smallest absolute Gasteiger partial charge is 0.269 e. The van der Waals surface area contributed by atoms with Crippen LogP contribution in [0, 0.1) is 5.82 Å². The Kier molecular flexibility index (Phi) is 10.9. The Hall–Kier alpha value is -4.54. The third-order valence-electron chi connectivity index (χ3n) is 6.22. The number of nitrogens with zero attached hydrogens (tertiary/aromatic N) is 3. The molecule has 0 spiro atoms. The summed E-state index contributed by atoms with van der Waals surface area (Å²) in [5.74, 6) is -2.05. The number of carbonyl (C=O) groups excluding carboxylic acids is 2. The van der Waals surface area contributed by atoms with Gasteiger partial charge in [-0.2, -0.15) is 0 Å². The molecule has 228 valence electrons. The first kappa shape index (κ1) is 32.4. The Labute approximate surface area is 264 Å². The lowest BCUT2D eigenvalue weighted by Crippen LogP contribution is -2.42. The van der Waals surface area contributed by atoms with Gasteiger partial charge in [0.2, 0.25) is 12.0 Å². The maximum Gasteiger partial charge on any atom is 0.269 e. The predicted molar refractivity (Wildman–Crippen MR) is 168 cm³/mol. The van der Waals surface area contributed by atoms with E-state index in [1.807, 2.05) is 13.8 Å². The van der Waals surface area contributed by atoms with E-state index < -0.39 is 29.9 Å². The second-order valence-electron chi connectivity index (χ2n) is 9.10. The van der Waals surface area contributed by atoms with Gasteiger partial charge in [-0.1, -0.05) is 61.3 Å². The average Bonchev–Trinajstić information content (AvgIpc) is 3.15. The molecule has 2 N–H and O–H groups in total. The van der Waals surface area contributed by atoms with Crippen molar-refractivity contribution >= 4 is 46.4 Å². The molecule has 0 saturated carbocycles. The summed E-state index contributed by atoms with van der Waals surface area (Å²) in [6.45, 7) is 7.83. The highest BCUT2D eigenvalue weighted by Crippen LogP contribution is 2.36. The van der Waals surface area contributed by atoms with Gasteiger partial charge in [-0.05, 0) is 50.2 Å². The van der Waals surface area contributed by atoms with Gasteiger partial charge in [0.1, 0.15) is 23.2 Å². The number of benzene rings is 2. The van der Waals surface area contributed by atoms with E-state index in [1.54, 1.807) is 68.6 Å². The van der Waals surface area contributed by atoms with Crippen LogP contribution in [0.25, 0.3) is 0 Å². The number of pyridine rings is 2. The maximum atomic E-state index is 14.3. The van der Waals surface area contributed by atoms with E-state index in [9.17, 15) is 14.0 Å². The minimum atomic E-state index is -1.45. The van der Waals surface area contributed by atoms with Crippen LogP contribution in [-0.4, -0.2) is 40.3 Å². The molecule has 2 amide bonds.